The molecule has 0 fully saturated rings. The van der Waals surface area contributed by atoms with Crippen molar-refractivity contribution in [1.82, 2.24) is 9.78 Å². The number of halogens is 3. The molecule has 2 aromatic carbocycles. The molecule has 0 radical (unpaired) electrons. The van der Waals surface area contributed by atoms with E-state index in [2.05, 4.69) is 5.10 Å². The van der Waals surface area contributed by atoms with Gasteiger partial charge in [-0.05, 0) is 61.9 Å². The molecule has 1 aliphatic rings. The lowest BCUT2D eigenvalue weighted by Crippen LogP contribution is -2.39. The second-order valence-electron chi connectivity index (χ2n) is 8.89. The van der Waals surface area contributed by atoms with Crippen LogP contribution in [0.2, 0.25) is 10.0 Å². The van der Waals surface area contributed by atoms with E-state index in [-0.39, 0.29) is 27.5 Å². The van der Waals surface area contributed by atoms with Gasteiger partial charge in [0.25, 0.3) is 17.2 Å². The van der Waals surface area contributed by atoms with E-state index in [9.17, 15) is 18.8 Å². The van der Waals surface area contributed by atoms with Crippen LogP contribution in [-0.4, -0.2) is 21.6 Å². The van der Waals surface area contributed by atoms with E-state index in [1.54, 1.807) is 41.2 Å². The van der Waals surface area contributed by atoms with Gasteiger partial charge in [0.05, 0.1) is 27.0 Å². The number of benzene rings is 2. The third-order valence-electron chi connectivity index (χ3n) is 6.23. The van der Waals surface area contributed by atoms with E-state index in [4.69, 9.17) is 23.2 Å². The number of aryl methyl sites for hydroxylation is 2. The Morgan fingerprint density at radius 3 is 2.32 bits per heavy atom. The molecule has 0 unspecified atom stereocenters. The summed E-state index contributed by atoms with van der Waals surface area (Å²) >= 11 is 12.3. The predicted molar refractivity (Wildman–Crippen MR) is 144 cm³/mol. The number of rotatable bonds is 6. The topological polar surface area (TPSA) is 79.1 Å². The van der Waals surface area contributed by atoms with E-state index in [1.807, 2.05) is 19.9 Å². The molecule has 5 rings (SSSR count). The summed E-state index contributed by atoms with van der Waals surface area (Å²) in [6.45, 7) is 3.79. The van der Waals surface area contributed by atoms with Gasteiger partial charge >= 0.3 is 5.91 Å². The molecule has 192 valence electrons. The molecular weight excluding hydrogens is 530 g/mol. The summed E-state index contributed by atoms with van der Waals surface area (Å²) in [4.78, 5) is 42.7. The third-order valence-corrected chi connectivity index (χ3v) is 6.97. The van der Waals surface area contributed by atoms with Crippen molar-refractivity contribution in [2.75, 3.05) is 4.90 Å². The van der Waals surface area contributed by atoms with Crippen LogP contribution in [0, 0.1) is 12.7 Å². The molecule has 7 nitrogen and oxygen atoms in total. The minimum absolute atomic E-state index is 0.0257. The standard InChI is InChI=1S/C28H21Cl2FN4O3/c1-3-5-22-23(27(37)35(32-22)19-11-12-20(29)21(30)14-19)24-25(33-13-4-6-16(2)15-33)28(38)34(26(24)36)18-9-7-17(31)8-10-18/h4,6-15H,3,5H2,1-2H3/p+1. The van der Waals surface area contributed by atoms with E-state index < -0.39 is 23.2 Å². The van der Waals surface area contributed by atoms with Crippen molar-refractivity contribution in [3.8, 4) is 5.69 Å². The summed E-state index contributed by atoms with van der Waals surface area (Å²) in [6, 6.07) is 13.4. The van der Waals surface area contributed by atoms with Crippen LogP contribution in [0.3, 0.4) is 0 Å². The molecule has 38 heavy (non-hydrogen) atoms. The van der Waals surface area contributed by atoms with E-state index in [0.717, 1.165) is 10.5 Å². The third kappa shape index (κ3) is 4.36. The summed E-state index contributed by atoms with van der Waals surface area (Å²) in [5, 5.41) is 3.69. The zero-order valence-corrected chi connectivity index (χ0v) is 22.0. The average molecular weight is 552 g/mol. The Hall–Kier alpha value is -4.01. The number of aromatic nitrogens is 3. The first kappa shape index (κ1) is 25.6. The van der Waals surface area contributed by atoms with Crippen molar-refractivity contribution >= 4 is 52.0 Å². The van der Waals surface area contributed by atoms with Gasteiger partial charge in [0.2, 0.25) is 0 Å². The van der Waals surface area contributed by atoms with Crippen molar-refractivity contribution in [2.24, 2.45) is 0 Å². The van der Waals surface area contributed by atoms with Gasteiger partial charge in [-0.3, -0.25) is 19.5 Å². The molecule has 3 heterocycles. The lowest BCUT2D eigenvalue weighted by atomic mass is 10.0. The van der Waals surface area contributed by atoms with Crippen molar-refractivity contribution in [3.05, 3.63) is 110 Å². The average Bonchev–Trinajstić information content (AvgIpc) is 3.33. The van der Waals surface area contributed by atoms with E-state index >= 15 is 0 Å². The molecule has 0 bridgehead atoms. The number of hydrogen-bond acceptors (Lipinski definition) is 3. The molecular formula is C28H22Cl2FN4O3+. The maximum atomic E-state index is 14.0. The lowest BCUT2D eigenvalue weighted by molar-refractivity contribution is -0.577. The predicted octanol–water partition coefficient (Wildman–Crippen LogP) is 5.10. The van der Waals surface area contributed by atoms with Crippen molar-refractivity contribution in [1.29, 1.82) is 0 Å². The summed E-state index contributed by atoms with van der Waals surface area (Å²) in [5.41, 5.74) is 1.50. The second kappa shape index (κ2) is 10.0. The summed E-state index contributed by atoms with van der Waals surface area (Å²) in [6.07, 6.45) is 4.45. The number of carbonyl (C=O) groups is 2. The molecule has 0 atom stereocenters. The molecule has 0 spiro atoms. The lowest BCUT2D eigenvalue weighted by Gasteiger charge is -2.13. The Bertz CT molecular complexity index is 1690. The second-order valence-corrected chi connectivity index (χ2v) is 9.70. The number of hydrogen-bond donors (Lipinski definition) is 1. The van der Waals surface area contributed by atoms with Gasteiger partial charge in [-0.15, -0.1) is 0 Å². The molecule has 1 N–H and O–H groups in total. The van der Waals surface area contributed by atoms with E-state index in [1.165, 1.54) is 28.9 Å². The molecule has 0 saturated heterocycles. The fraction of sp³-hybridized carbons (Fsp3) is 0.143. The van der Waals surface area contributed by atoms with Crippen LogP contribution in [0.15, 0.2) is 71.8 Å². The fourth-order valence-electron chi connectivity index (χ4n) is 4.52. The minimum Gasteiger partial charge on any atom is -0.294 e. The number of nitrogens with one attached hydrogen (secondary N) is 1. The number of anilines is 1. The molecule has 1 aliphatic heterocycles. The Morgan fingerprint density at radius 2 is 1.66 bits per heavy atom. The Balaban J connectivity index is 1.78. The maximum Gasteiger partial charge on any atom is 0.331 e. The van der Waals surface area contributed by atoms with Crippen LogP contribution in [0.25, 0.3) is 17.0 Å². The normalized spacial score (nSPS) is 13.7. The first-order valence-corrected chi connectivity index (χ1v) is 12.6. The summed E-state index contributed by atoms with van der Waals surface area (Å²) in [7, 11) is 0. The quantitative estimate of drug-likeness (QED) is 0.267. The monoisotopic (exact) mass is 551 g/mol. The number of nitrogens with zero attached hydrogens (tertiary/aromatic N) is 3. The highest BCUT2D eigenvalue weighted by Gasteiger charge is 2.48. The number of amides is 2. The number of aromatic amines is 1. The highest BCUT2D eigenvalue weighted by Crippen LogP contribution is 2.34. The van der Waals surface area contributed by atoms with E-state index in [0.29, 0.717) is 29.2 Å². The van der Waals surface area contributed by atoms with Crippen LogP contribution in [0.5, 0.6) is 0 Å². The minimum atomic E-state index is -0.680. The van der Waals surface area contributed by atoms with Gasteiger partial charge in [0.1, 0.15) is 11.4 Å². The fourth-order valence-corrected chi connectivity index (χ4v) is 4.81. The first-order valence-electron chi connectivity index (χ1n) is 11.9. The SMILES string of the molecule is CCCc1[nH]n(-c2ccc(Cl)c(Cl)c2)c(=O)c1C1=C([n+]2cccc(C)c2)C(=O)N(c2ccc(F)cc2)C1=O. The Morgan fingerprint density at radius 1 is 0.947 bits per heavy atom. The number of imide groups is 1. The molecule has 2 amide bonds. The summed E-state index contributed by atoms with van der Waals surface area (Å²) < 4.78 is 16.5. The van der Waals surface area contributed by atoms with Crippen LogP contribution in [0.4, 0.5) is 10.1 Å². The molecule has 10 heteroatoms. The smallest absolute Gasteiger partial charge is 0.294 e. The van der Waals surface area contributed by atoms with Crippen molar-refractivity contribution in [3.63, 3.8) is 0 Å². The van der Waals surface area contributed by atoms with Gasteiger partial charge in [0.15, 0.2) is 12.4 Å². The van der Waals surface area contributed by atoms with Crippen LogP contribution < -0.4 is 15.0 Å². The van der Waals surface area contributed by atoms with Gasteiger partial charge in [0, 0.05) is 17.3 Å². The Kier molecular flexibility index (Phi) is 6.77. The van der Waals surface area contributed by atoms with Gasteiger partial charge in [-0.25, -0.2) is 14.0 Å². The van der Waals surface area contributed by atoms with Gasteiger partial charge in [-0.2, -0.15) is 4.57 Å². The first-order chi connectivity index (χ1) is 18.2. The van der Waals surface area contributed by atoms with Gasteiger partial charge in [-0.1, -0.05) is 36.5 Å². The van der Waals surface area contributed by atoms with Gasteiger partial charge < -0.3 is 0 Å². The number of H-pyrrole nitrogens is 1. The molecule has 2 aromatic heterocycles. The molecule has 4 aromatic rings. The highest BCUT2D eigenvalue weighted by molar-refractivity contribution is 6.53. The summed E-state index contributed by atoms with van der Waals surface area (Å²) in [5.74, 6) is -1.81. The zero-order chi connectivity index (χ0) is 27.1. The van der Waals surface area contributed by atoms with Crippen LogP contribution in [0.1, 0.15) is 30.2 Å². The zero-order valence-electron chi connectivity index (χ0n) is 20.5. The maximum absolute atomic E-state index is 14.0. The number of carbonyl (C=O) groups excluding carboxylic acids is 2. The number of pyridine rings is 1. The van der Waals surface area contributed by atoms with Crippen LogP contribution in [-0.2, 0) is 16.0 Å². The largest absolute Gasteiger partial charge is 0.331 e. The highest BCUT2D eigenvalue weighted by atomic mass is 35.5. The van der Waals surface area contributed by atoms with Crippen molar-refractivity contribution in [2.45, 2.75) is 26.7 Å². The van der Waals surface area contributed by atoms with Crippen LogP contribution >= 0.6 is 23.2 Å². The molecule has 0 aliphatic carbocycles. The van der Waals surface area contributed by atoms with Crippen molar-refractivity contribution < 1.29 is 18.5 Å². The molecule has 0 saturated carbocycles. The Labute approximate surface area is 227 Å².